The van der Waals surface area contributed by atoms with Gasteiger partial charge in [-0.25, -0.2) is 0 Å². The zero-order valence-corrected chi connectivity index (χ0v) is 11.9. The number of nitrogen functional groups attached to an aromatic ring is 1. The quantitative estimate of drug-likeness (QED) is 0.925. The average molecular weight is 308 g/mol. The lowest BCUT2D eigenvalue weighted by atomic mass is 10.2. The van der Waals surface area contributed by atoms with Crippen LogP contribution in [0.1, 0.15) is 17.0 Å². The zero-order valence-electron chi connectivity index (χ0n) is 10.3. The molecule has 2 aromatic rings. The molecule has 2 aromatic heterocycles. The molecular weight excluding hydrogens is 294 g/mol. The first-order chi connectivity index (χ1) is 8.49. The summed E-state index contributed by atoms with van der Waals surface area (Å²) in [6, 6.07) is 5.74. The number of nitrogens with two attached hydrogens (primary N) is 1. The van der Waals surface area contributed by atoms with Crippen LogP contribution < -0.4 is 11.3 Å². The third-order valence-electron chi connectivity index (χ3n) is 2.78. The number of rotatable bonds is 2. The van der Waals surface area contributed by atoms with Gasteiger partial charge < -0.3 is 10.3 Å². The van der Waals surface area contributed by atoms with Gasteiger partial charge >= 0.3 is 0 Å². The van der Waals surface area contributed by atoms with Crippen molar-refractivity contribution < 1.29 is 0 Å². The first kappa shape index (κ1) is 12.8. The Hall–Kier alpha value is -1.62. The van der Waals surface area contributed by atoms with Gasteiger partial charge in [-0.15, -0.1) is 0 Å². The summed E-state index contributed by atoms with van der Waals surface area (Å²) in [4.78, 5) is 16.4. The Balaban J connectivity index is 2.44. The van der Waals surface area contributed by atoms with Gasteiger partial charge in [0, 0.05) is 11.9 Å². The van der Waals surface area contributed by atoms with Crippen LogP contribution in [0, 0.1) is 13.8 Å². The van der Waals surface area contributed by atoms with E-state index >= 15 is 0 Å². The number of anilines is 1. The molecular formula is C13H14BrN3O. The summed E-state index contributed by atoms with van der Waals surface area (Å²) in [6.45, 7) is 4.16. The second-order valence-electron chi connectivity index (χ2n) is 4.23. The molecule has 0 aliphatic heterocycles. The Morgan fingerprint density at radius 3 is 2.78 bits per heavy atom. The third kappa shape index (κ3) is 2.46. The van der Waals surface area contributed by atoms with E-state index in [1.165, 1.54) is 0 Å². The van der Waals surface area contributed by atoms with Gasteiger partial charge in [0.25, 0.3) is 5.56 Å². The molecule has 0 radical (unpaired) electrons. The molecule has 0 saturated carbocycles. The Labute approximate surface area is 114 Å². The van der Waals surface area contributed by atoms with Gasteiger partial charge in [0.2, 0.25) is 0 Å². The van der Waals surface area contributed by atoms with Gasteiger partial charge in [-0.2, -0.15) is 0 Å². The molecule has 94 valence electrons. The predicted molar refractivity (Wildman–Crippen MR) is 75.6 cm³/mol. The smallest absolute Gasteiger partial charge is 0.265 e. The number of hydrogen-bond donors (Lipinski definition) is 1. The van der Waals surface area contributed by atoms with Crippen LogP contribution in [0.2, 0.25) is 0 Å². The van der Waals surface area contributed by atoms with Crippen molar-refractivity contribution in [3.8, 4) is 0 Å². The van der Waals surface area contributed by atoms with Crippen LogP contribution in [-0.2, 0) is 6.54 Å². The van der Waals surface area contributed by atoms with Crippen molar-refractivity contribution in [3.05, 3.63) is 56.2 Å². The molecule has 0 atom stereocenters. The average Bonchev–Trinajstić information content (AvgIpc) is 2.33. The second kappa shape index (κ2) is 4.94. The number of halogens is 1. The Morgan fingerprint density at radius 1 is 1.39 bits per heavy atom. The van der Waals surface area contributed by atoms with E-state index in [-0.39, 0.29) is 5.56 Å². The van der Waals surface area contributed by atoms with Crippen LogP contribution in [0.3, 0.4) is 0 Å². The standard InChI is InChI=1S/C13H14BrN3O/c1-8-4-3-5-10(16-8)6-17-7-11(15)9(2)12(14)13(17)18/h3-5,7H,6,15H2,1-2H3. The first-order valence-electron chi connectivity index (χ1n) is 5.56. The summed E-state index contributed by atoms with van der Waals surface area (Å²) in [5.41, 5.74) is 8.91. The summed E-state index contributed by atoms with van der Waals surface area (Å²) in [7, 11) is 0. The monoisotopic (exact) mass is 307 g/mol. The van der Waals surface area contributed by atoms with E-state index in [1.807, 2.05) is 32.0 Å². The van der Waals surface area contributed by atoms with Crippen LogP contribution in [0.5, 0.6) is 0 Å². The SMILES string of the molecule is Cc1cccc(Cn2cc(N)c(C)c(Br)c2=O)n1. The van der Waals surface area contributed by atoms with Crippen molar-refractivity contribution in [1.29, 1.82) is 0 Å². The van der Waals surface area contributed by atoms with E-state index < -0.39 is 0 Å². The molecule has 0 fully saturated rings. The van der Waals surface area contributed by atoms with E-state index in [9.17, 15) is 4.79 Å². The lowest BCUT2D eigenvalue weighted by Crippen LogP contribution is -2.23. The summed E-state index contributed by atoms with van der Waals surface area (Å²) < 4.78 is 2.07. The molecule has 0 aromatic carbocycles. The van der Waals surface area contributed by atoms with Crippen LogP contribution in [0.15, 0.2) is 33.7 Å². The molecule has 5 heteroatoms. The van der Waals surface area contributed by atoms with E-state index in [1.54, 1.807) is 10.8 Å². The predicted octanol–water partition coefficient (Wildman–Crippen LogP) is 2.25. The van der Waals surface area contributed by atoms with Crippen LogP contribution >= 0.6 is 15.9 Å². The highest BCUT2D eigenvalue weighted by atomic mass is 79.9. The van der Waals surface area contributed by atoms with E-state index in [0.717, 1.165) is 17.0 Å². The molecule has 0 saturated heterocycles. The summed E-state index contributed by atoms with van der Waals surface area (Å²) in [6.07, 6.45) is 1.66. The Morgan fingerprint density at radius 2 is 2.11 bits per heavy atom. The van der Waals surface area contributed by atoms with Crippen molar-refractivity contribution in [2.45, 2.75) is 20.4 Å². The van der Waals surface area contributed by atoms with Crippen molar-refractivity contribution >= 4 is 21.6 Å². The highest BCUT2D eigenvalue weighted by Gasteiger charge is 2.09. The maximum Gasteiger partial charge on any atom is 0.265 e. The van der Waals surface area contributed by atoms with Gasteiger partial charge in [-0.3, -0.25) is 9.78 Å². The number of pyridine rings is 2. The normalized spacial score (nSPS) is 10.6. The second-order valence-corrected chi connectivity index (χ2v) is 5.02. The van der Waals surface area contributed by atoms with Crippen LogP contribution in [0.25, 0.3) is 0 Å². The van der Waals surface area contributed by atoms with Crippen molar-refractivity contribution in [1.82, 2.24) is 9.55 Å². The topological polar surface area (TPSA) is 60.9 Å². The molecule has 0 aliphatic rings. The highest BCUT2D eigenvalue weighted by molar-refractivity contribution is 9.10. The lowest BCUT2D eigenvalue weighted by molar-refractivity contribution is 0.732. The molecule has 2 N–H and O–H groups in total. The summed E-state index contributed by atoms with van der Waals surface area (Å²) in [5.74, 6) is 0. The van der Waals surface area contributed by atoms with E-state index in [2.05, 4.69) is 20.9 Å². The highest BCUT2D eigenvalue weighted by Crippen LogP contribution is 2.17. The van der Waals surface area contributed by atoms with Gasteiger partial charge in [0.1, 0.15) is 0 Å². The fourth-order valence-corrected chi connectivity index (χ4v) is 2.17. The number of hydrogen-bond acceptors (Lipinski definition) is 3. The Kier molecular flexibility index (Phi) is 3.52. The molecule has 0 spiro atoms. The van der Waals surface area contributed by atoms with Gasteiger partial charge in [-0.1, -0.05) is 6.07 Å². The van der Waals surface area contributed by atoms with Gasteiger partial charge in [0.05, 0.1) is 22.4 Å². The molecule has 2 rings (SSSR count). The number of aryl methyl sites for hydroxylation is 1. The first-order valence-corrected chi connectivity index (χ1v) is 6.36. The molecule has 18 heavy (non-hydrogen) atoms. The minimum Gasteiger partial charge on any atom is -0.397 e. The molecule has 0 amide bonds. The zero-order chi connectivity index (χ0) is 13.3. The van der Waals surface area contributed by atoms with Crippen molar-refractivity contribution in [2.75, 3.05) is 5.73 Å². The van der Waals surface area contributed by atoms with E-state index in [4.69, 9.17) is 5.73 Å². The minimum atomic E-state index is -0.0926. The minimum absolute atomic E-state index is 0.0926. The van der Waals surface area contributed by atoms with Crippen molar-refractivity contribution in [3.63, 3.8) is 0 Å². The van der Waals surface area contributed by atoms with Crippen LogP contribution in [0.4, 0.5) is 5.69 Å². The fourth-order valence-electron chi connectivity index (χ4n) is 1.72. The largest absolute Gasteiger partial charge is 0.397 e. The molecule has 0 aliphatic carbocycles. The van der Waals surface area contributed by atoms with Crippen molar-refractivity contribution in [2.24, 2.45) is 0 Å². The number of aromatic nitrogens is 2. The maximum absolute atomic E-state index is 12.1. The fraction of sp³-hybridized carbons (Fsp3) is 0.231. The maximum atomic E-state index is 12.1. The summed E-state index contributed by atoms with van der Waals surface area (Å²) >= 11 is 3.27. The lowest BCUT2D eigenvalue weighted by Gasteiger charge is -2.10. The van der Waals surface area contributed by atoms with Gasteiger partial charge in [-0.05, 0) is 47.5 Å². The van der Waals surface area contributed by atoms with Crippen LogP contribution in [-0.4, -0.2) is 9.55 Å². The molecule has 2 heterocycles. The van der Waals surface area contributed by atoms with E-state index in [0.29, 0.717) is 16.7 Å². The van der Waals surface area contributed by atoms with Gasteiger partial charge in [0.15, 0.2) is 0 Å². The molecule has 4 nitrogen and oxygen atoms in total. The number of nitrogens with zero attached hydrogens (tertiary/aromatic N) is 2. The Bertz CT molecular complexity index is 649. The molecule has 0 bridgehead atoms. The third-order valence-corrected chi connectivity index (χ3v) is 3.72. The summed E-state index contributed by atoms with van der Waals surface area (Å²) in [5, 5.41) is 0. The molecule has 0 unspecified atom stereocenters.